The van der Waals surface area contributed by atoms with Crippen molar-refractivity contribution in [3.63, 3.8) is 0 Å². The van der Waals surface area contributed by atoms with Crippen LogP contribution in [0.15, 0.2) is 35.9 Å². The summed E-state index contributed by atoms with van der Waals surface area (Å²) in [7, 11) is 0. The van der Waals surface area contributed by atoms with Crippen molar-refractivity contribution in [1.29, 1.82) is 0 Å². The van der Waals surface area contributed by atoms with Crippen LogP contribution < -0.4 is 11.1 Å². The van der Waals surface area contributed by atoms with Gasteiger partial charge in [0.25, 0.3) is 5.91 Å². The van der Waals surface area contributed by atoms with Crippen LogP contribution in [0.3, 0.4) is 0 Å². The third-order valence-electron chi connectivity index (χ3n) is 2.24. The fraction of sp³-hybridized carbons (Fsp3) is 0.250. The van der Waals surface area contributed by atoms with Gasteiger partial charge in [0.1, 0.15) is 0 Å². The summed E-state index contributed by atoms with van der Waals surface area (Å²) in [6.07, 6.45) is 1.78. The lowest BCUT2D eigenvalue weighted by atomic mass is 10.2. The molecule has 3 heteroatoms. The summed E-state index contributed by atoms with van der Waals surface area (Å²) < 4.78 is 0. The van der Waals surface area contributed by atoms with Crippen LogP contribution in [0.25, 0.3) is 0 Å². The van der Waals surface area contributed by atoms with Gasteiger partial charge < -0.3 is 11.1 Å². The Morgan fingerprint density at radius 3 is 2.47 bits per heavy atom. The van der Waals surface area contributed by atoms with Gasteiger partial charge in [-0.15, -0.1) is 0 Å². The Balaban J connectivity index is 2.69. The monoisotopic (exact) mass is 204 g/mol. The molecule has 0 radical (unpaired) electrons. The number of allylic oxidation sites excluding steroid dienone is 1. The van der Waals surface area contributed by atoms with Crippen molar-refractivity contribution in [1.82, 2.24) is 0 Å². The van der Waals surface area contributed by atoms with Gasteiger partial charge in [0.05, 0.1) is 0 Å². The second-order valence-corrected chi connectivity index (χ2v) is 3.33. The molecule has 0 aliphatic heterocycles. The minimum absolute atomic E-state index is 0.0713. The van der Waals surface area contributed by atoms with Gasteiger partial charge in [-0.1, -0.05) is 18.2 Å². The Bertz CT molecular complexity index is 366. The summed E-state index contributed by atoms with van der Waals surface area (Å²) in [5, 5.41) is 2.80. The number of nitrogens with one attached hydrogen (secondary N) is 1. The van der Waals surface area contributed by atoms with Crippen LogP contribution in [0.5, 0.6) is 0 Å². The van der Waals surface area contributed by atoms with Gasteiger partial charge in [-0.25, -0.2) is 0 Å². The zero-order chi connectivity index (χ0) is 11.3. The SMILES string of the molecule is CC=C(C)C(=O)Nc1ccc(CN)cc1. The average molecular weight is 204 g/mol. The van der Waals surface area contributed by atoms with Gasteiger partial charge in [-0.05, 0) is 31.5 Å². The number of anilines is 1. The lowest BCUT2D eigenvalue weighted by Crippen LogP contribution is -2.12. The summed E-state index contributed by atoms with van der Waals surface area (Å²) >= 11 is 0. The Hall–Kier alpha value is -1.61. The van der Waals surface area contributed by atoms with E-state index >= 15 is 0 Å². The largest absolute Gasteiger partial charge is 0.326 e. The molecule has 0 fully saturated rings. The van der Waals surface area contributed by atoms with E-state index in [9.17, 15) is 4.79 Å². The molecule has 0 unspecified atom stereocenters. The molecule has 0 heterocycles. The van der Waals surface area contributed by atoms with E-state index in [4.69, 9.17) is 5.73 Å². The molecule has 0 spiro atoms. The number of amides is 1. The molecule has 1 aromatic rings. The van der Waals surface area contributed by atoms with Crippen LogP contribution in [0.1, 0.15) is 19.4 Å². The third kappa shape index (κ3) is 3.22. The normalized spacial score (nSPS) is 11.3. The van der Waals surface area contributed by atoms with Crippen LogP contribution >= 0.6 is 0 Å². The van der Waals surface area contributed by atoms with E-state index in [1.54, 1.807) is 13.0 Å². The first-order valence-electron chi connectivity index (χ1n) is 4.90. The van der Waals surface area contributed by atoms with Gasteiger partial charge in [0.2, 0.25) is 0 Å². The second-order valence-electron chi connectivity index (χ2n) is 3.33. The van der Waals surface area contributed by atoms with Crippen molar-refractivity contribution in [2.75, 3.05) is 5.32 Å². The fourth-order valence-corrected chi connectivity index (χ4v) is 1.08. The van der Waals surface area contributed by atoms with Crippen LogP contribution in [-0.2, 0) is 11.3 Å². The maximum atomic E-state index is 11.5. The molecule has 3 N–H and O–H groups in total. The van der Waals surface area contributed by atoms with E-state index in [0.29, 0.717) is 12.1 Å². The second kappa shape index (κ2) is 5.32. The smallest absolute Gasteiger partial charge is 0.250 e. The maximum absolute atomic E-state index is 11.5. The van der Waals surface area contributed by atoms with E-state index in [0.717, 1.165) is 11.3 Å². The molecule has 0 saturated carbocycles. The molecule has 0 atom stereocenters. The van der Waals surface area contributed by atoms with Crippen LogP contribution in [0.4, 0.5) is 5.69 Å². The number of benzene rings is 1. The highest BCUT2D eigenvalue weighted by atomic mass is 16.1. The van der Waals surface area contributed by atoms with E-state index in [-0.39, 0.29) is 5.91 Å². The molecule has 0 bridgehead atoms. The van der Waals surface area contributed by atoms with Crippen molar-refractivity contribution in [3.8, 4) is 0 Å². The van der Waals surface area contributed by atoms with Gasteiger partial charge in [0, 0.05) is 17.8 Å². The zero-order valence-electron chi connectivity index (χ0n) is 9.08. The van der Waals surface area contributed by atoms with Gasteiger partial charge in [0.15, 0.2) is 0 Å². The van der Waals surface area contributed by atoms with E-state index in [1.807, 2.05) is 31.2 Å². The predicted octanol–water partition coefficient (Wildman–Crippen LogP) is 2.05. The van der Waals surface area contributed by atoms with E-state index < -0.39 is 0 Å². The molecule has 80 valence electrons. The standard InChI is InChI=1S/C12H16N2O/c1-3-9(2)12(15)14-11-6-4-10(8-13)5-7-11/h3-7H,8,13H2,1-2H3,(H,14,15). The van der Waals surface area contributed by atoms with Gasteiger partial charge in [-0.2, -0.15) is 0 Å². The van der Waals surface area contributed by atoms with Crippen molar-refractivity contribution < 1.29 is 4.79 Å². The van der Waals surface area contributed by atoms with Gasteiger partial charge >= 0.3 is 0 Å². The summed E-state index contributed by atoms with van der Waals surface area (Å²) in [6.45, 7) is 4.14. The van der Waals surface area contributed by atoms with Crippen molar-refractivity contribution in [2.24, 2.45) is 5.73 Å². The Kier molecular flexibility index (Phi) is 4.06. The first-order chi connectivity index (χ1) is 7.17. The number of hydrogen-bond acceptors (Lipinski definition) is 2. The quantitative estimate of drug-likeness (QED) is 0.740. The highest BCUT2D eigenvalue weighted by Crippen LogP contribution is 2.10. The summed E-state index contributed by atoms with van der Waals surface area (Å²) in [5.74, 6) is -0.0713. The first kappa shape index (κ1) is 11.5. The number of carbonyl (C=O) groups excluding carboxylic acids is 1. The molecule has 1 amide bonds. The van der Waals surface area contributed by atoms with Crippen LogP contribution in [0, 0.1) is 0 Å². The van der Waals surface area contributed by atoms with E-state index in [1.165, 1.54) is 0 Å². The van der Waals surface area contributed by atoms with Crippen LogP contribution in [-0.4, -0.2) is 5.91 Å². The molecule has 0 aliphatic carbocycles. The number of hydrogen-bond donors (Lipinski definition) is 2. The summed E-state index contributed by atoms with van der Waals surface area (Å²) in [6, 6.07) is 7.51. The number of rotatable bonds is 3. The molecule has 1 aromatic carbocycles. The average Bonchev–Trinajstić information content (AvgIpc) is 2.29. The third-order valence-corrected chi connectivity index (χ3v) is 2.24. The highest BCUT2D eigenvalue weighted by molar-refractivity contribution is 6.03. The molecule has 1 rings (SSSR count). The topological polar surface area (TPSA) is 55.1 Å². The Morgan fingerprint density at radius 1 is 1.40 bits per heavy atom. The summed E-state index contributed by atoms with van der Waals surface area (Å²) in [4.78, 5) is 11.5. The minimum Gasteiger partial charge on any atom is -0.326 e. The predicted molar refractivity (Wildman–Crippen MR) is 62.4 cm³/mol. The molecular formula is C12H16N2O. The maximum Gasteiger partial charge on any atom is 0.250 e. The molecule has 3 nitrogen and oxygen atoms in total. The molecule has 15 heavy (non-hydrogen) atoms. The lowest BCUT2D eigenvalue weighted by molar-refractivity contribution is -0.112. The lowest BCUT2D eigenvalue weighted by Gasteiger charge is -2.05. The Morgan fingerprint density at radius 2 is 2.00 bits per heavy atom. The number of carbonyl (C=O) groups is 1. The van der Waals surface area contributed by atoms with Crippen molar-refractivity contribution in [3.05, 3.63) is 41.5 Å². The molecule has 0 aliphatic rings. The minimum atomic E-state index is -0.0713. The molecule has 0 aromatic heterocycles. The molecule has 0 saturated heterocycles. The first-order valence-corrected chi connectivity index (χ1v) is 4.90. The van der Waals surface area contributed by atoms with E-state index in [2.05, 4.69) is 5.32 Å². The number of nitrogens with two attached hydrogens (primary N) is 1. The van der Waals surface area contributed by atoms with Crippen molar-refractivity contribution >= 4 is 11.6 Å². The molecular weight excluding hydrogens is 188 g/mol. The van der Waals surface area contributed by atoms with Gasteiger partial charge in [-0.3, -0.25) is 4.79 Å². The van der Waals surface area contributed by atoms with Crippen molar-refractivity contribution in [2.45, 2.75) is 20.4 Å². The fourth-order valence-electron chi connectivity index (χ4n) is 1.08. The highest BCUT2D eigenvalue weighted by Gasteiger charge is 2.02. The van der Waals surface area contributed by atoms with Crippen LogP contribution in [0.2, 0.25) is 0 Å². The Labute approximate surface area is 90.0 Å². The zero-order valence-corrected chi connectivity index (χ0v) is 9.08. The summed E-state index contributed by atoms with van der Waals surface area (Å²) in [5.41, 5.74) is 8.02.